The quantitative estimate of drug-likeness (QED) is 0.762. The zero-order chi connectivity index (χ0) is 13.9. The second kappa shape index (κ2) is 5.43. The van der Waals surface area contributed by atoms with Crippen LogP contribution in [-0.4, -0.2) is 15.0 Å². The summed E-state index contributed by atoms with van der Waals surface area (Å²) in [5.41, 5.74) is 11.4. The van der Waals surface area contributed by atoms with Gasteiger partial charge in [0.05, 0.1) is 5.69 Å². The minimum atomic E-state index is 0.505. The zero-order valence-electron chi connectivity index (χ0n) is 11.6. The van der Waals surface area contributed by atoms with Crippen LogP contribution in [0.4, 0.5) is 0 Å². The molecule has 0 unspecified atom stereocenters. The van der Waals surface area contributed by atoms with Crippen LogP contribution in [-0.2, 0) is 19.4 Å². The molecule has 20 heavy (non-hydrogen) atoms. The number of fused-ring (bicyclic) bond motifs is 1. The molecule has 0 saturated carbocycles. The highest BCUT2D eigenvalue weighted by atomic mass is 14.9. The molecule has 2 aromatic heterocycles. The number of hydrogen-bond donors (Lipinski definition) is 2. The molecule has 3 N–H and O–H groups in total. The lowest BCUT2D eigenvalue weighted by atomic mass is 10.0. The molecule has 0 spiro atoms. The van der Waals surface area contributed by atoms with Gasteiger partial charge in [-0.1, -0.05) is 29.8 Å². The number of aromatic nitrogens is 3. The van der Waals surface area contributed by atoms with Crippen LogP contribution in [0.25, 0.3) is 11.0 Å². The lowest BCUT2D eigenvalue weighted by molar-refractivity contribution is 0.912. The average Bonchev–Trinajstić information content (AvgIpc) is 2.89. The Hall–Kier alpha value is -2.20. The maximum absolute atomic E-state index is 5.78. The first-order valence-corrected chi connectivity index (χ1v) is 6.83. The van der Waals surface area contributed by atoms with Crippen molar-refractivity contribution in [1.29, 1.82) is 0 Å². The Labute approximate surface area is 118 Å². The Morgan fingerprint density at radius 3 is 2.90 bits per heavy atom. The molecule has 2 heterocycles. The summed E-state index contributed by atoms with van der Waals surface area (Å²) in [5, 5.41) is 1.09. The number of nitrogens with zero attached hydrogens (tertiary/aromatic N) is 2. The van der Waals surface area contributed by atoms with Gasteiger partial charge < -0.3 is 10.7 Å². The van der Waals surface area contributed by atoms with Crippen LogP contribution in [0.5, 0.6) is 0 Å². The molecule has 1 aromatic carbocycles. The van der Waals surface area contributed by atoms with E-state index in [-0.39, 0.29) is 0 Å². The van der Waals surface area contributed by atoms with E-state index >= 15 is 0 Å². The topological polar surface area (TPSA) is 67.6 Å². The van der Waals surface area contributed by atoms with Gasteiger partial charge in [0, 0.05) is 18.1 Å². The Balaban J connectivity index is 1.89. The number of rotatable bonds is 4. The van der Waals surface area contributed by atoms with Crippen molar-refractivity contribution in [1.82, 2.24) is 15.0 Å². The summed E-state index contributed by atoms with van der Waals surface area (Å²) in [6.07, 6.45) is 5.41. The van der Waals surface area contributed by atoms with Crippen molar-refractivity contribution < 1.29 is 0 Å². The number of aryl methyl sites for hydroxylation is 3. The minimum Gasteiger partial charge on any atom is -0.346 e. The second-order valence-corrected chi connectivity index (χ2v) is 5.05. The lowest BCUT2D eigenvalue weighted by Gasteiger charge is -2.05. The number of benzene rings is 1. The van der Waals surface area contributed by atoms with Crippen molar-refractivity contribution in [2.75, 3.05) is 0 Å². The summed E-state index contributed by atoms with van der Waals surface area (Å²) in [4.78, 5) is 11.9. The predicted octanol–water partition coefficient (Wildman–Crippen LogP) is 2.51. The molecule has 3 rings (SSSR count). The first-order chi connectivity index (χ1) is 9.78. The molecule has 0 radical (unpaired) electrons. The number of H-pyrrole nitrogens is 1. The molecule has 3 aromatic rings. The van der Waals surface area contributed by atoms with E-state index in [9.17, 15) is 0 Å². The Morgan fingerprint density at radius 2 is 2.10 bits per heavy atom. The van der Waals surface area contributed by atoms with E-state index in [4.69, 9.17) is 5.73 Å². The highest BCUT2D eigenvalue weighted by Crippen LogP contribution is 2.20. The molecule has 0 aliphatic carbocycles. The summed E-state index contributed by atoms with van der Waals surface area (Å²) < 4.78 is 0. The Morgan fingerprint density at radius 1 is 1.20 bits per heavy atom. The molecule has 0 aliphatic heterocycles. The van der Waals surface area contributed by atoms with Crippen molar-refractivity contribution in [2.45, 2.75) is 26.3 Å². The largest absolute Gasteiger partial charge is 0.346 e. The fourth-order valence-electron chi connectivity index (χ4n) is 2.58. The first-order valence-electron chi connectivity index (χ1n) is 6.83. The van der Waals surface area contributed by atoms with Gasteiger partial charge in [0.1, 0.15) is 12.0 Å². The van der Waals surface area contributed by atoms with Gasteiger partial charge in [-0.15, -0.1) is 0 Å². The van der Waals surface area contributed by atoms with E-state index in [1.165, 1.54) is 11.1 Å². The van der Waals surface area contributed by atoms with Gasteiger partial charge in [0.2, 0.25) is 0 Å². The lowest BCUT2D eigenvalue weighted by Crippen LogP contribution is -2.00. The monoisotopic (exact) mass is 266 g/mol. The van der Waals surface area contributed by atoms with Crippen molar-refractivity contribution in [2.24, 2.45) is 5.73 Å². The van der Waals surface area contributed by atoms with E-state index in [1.807, 2.05) is 6.20 Å². The average molecular weight is 266 g/mol. The van der Waals surface area contributed by atoms with Crippen molar-refractivity contribution in [3.05, 3.63) is 59.2 Å². The predicted molar refractivity (Wildman–Crippen MR) is 80.4 cm³/mol. The SMILES string of the molecule is Cc1cccc(CCc2ncnc3[nH]cc(CN)c23)c1. The Kier molecular flexibility index (Phi) is 3.48. The third kappa shape index (κ3) is 2.42. The molecule has 4 heteroatoms. The number of aromatic amines is 1. The molecule has 0 amide bonds. The maximum Gasteiger partial charge on any atom is 0.141 e. The number of nitrogens with two attached hydrogens (primary N) is 1. The van der Waals surface area contributed by atoms with Gasteiger partial charge in [-0.3, -0.25) is 0 Å². The van der Waals surface area contributed by atoms with Gasteiger partial charge in [0.15, 0.2) is 0 Å². The first kappa shape index (κ1) is 12.8. The smallest absolute Gasteiger partial charge is 0.141 e. The third-order valence-corrected chi connectivity index (χ3v) is 3.58. The highest BCUT2D eigenvalue weighted by molar-refractivity contribution is 5.82. The second-order valence-electron chi connectivity index (χ2n) is 5.05. The minimum absolute atomic E-state index is 0.505. The summed E-state index contributed by atoms with van der Waals surface area (Å²) in [6, 6.07) is 8.60. The van der Waals surface area contributed by atoms with Crippen LogP contribution >= 0.6 is 0 Å². The summed E-state index contributed by atoms with van der Waals surface area (Å²) in [7, 11) is 0. The maximum atomic E-state index is 5.78. The summed E-state index contributed by atoms with van der Waals surface area (Å²) >= 11 is 0. The fraction of sp³-hybridized carbons (Fsp3) is 0.250. The van der Waals surface area contributed by atoms with Crippen LogP contribution in [0, 0.1) is 6.92 Å². The molecule has 0 bridgehead atoms. The molecular weight excluding hydrogens is 248 g/mol. The summed E-state index contributed by atoms with van der Waals surface area (Å²) in [5.74, 6) is 0. The standard InChI is InChI=1S/C16H18N4/c1-11-3-2-4-12(7-11)5-6-14-15-13(8-17)9-18-16(15)20-10-19-14/h2-4,7,9-10H,5-6,8,17H2,1H3,(H,18,19,20). The fourth-order valence-corrected chi connectivity index (χ4v) is 2.58. The van der Waals surface area contributed by atoms with Crippen molar-refractivity contribution in [3.8, 4) is 0 Å². The molecular formula is C16H18N4. The molecule has 0 atom stereocenters. The van der Waals surface area contributed by atoms with E-state index in [1.54, 1.807) is 6.33 Å². The van der Waals surface area contributed by atoms with Gasteiger partial charge in [-0.05, 0) is 30.9 Å². The van der Waals surface area contributed by atoms with E-state index < -0.39 is 0 Å². The Bertz CT molecular complexity index is 730. The van der Waals surface area contributed by atoms with Gasteiger partial charge >= 0.3 is 0 Å². The van der Waals surface area contributed by atoms with Crippen molar-refractivity contribution >= 4 is 11.0 Å². The zero-order valence-corrected chi connectivity index (χ0v) is 11.6. The van der Waals surface area contributed by atoms with E-state index in [0.29, 0.717) is 6.54 Å². The molecule has 0 fully saturated rings. The van der Waals surface area contributed by atoms with Crippen molar-refractivity contribution in [3.63, 3.8) is 0 Å². The van der Waals surface area contributed by atoms with Crippen LogP contribution in [0.3, 0.4) is 0 Å². The van der Waals surface area contributed by atoms with Gasteiger partial charge in [-0.25, -0.2) is 9.97 Å². The highest BCUT2D eigenvalue weighted by Gasteiger charge is 2.10. The van der Waals surface area contributed by atoms with Gasteiger partial charge in [-0.2, -0.15) is 0 Å². The third-order valence-electron chi connectivity index (χ3n) is 3.58. The summed E-state index contributed by atoms with van der Waals surface area (Å²) in [6.45, 7) is 2.62. The normalized spacial score (nSPS) is 11.1. The van der Waals surface area contributed by atoms with Crippen LogP contribution in [0.1, 0.15) is 22.4 Å². The molecule has 4 nitrogen and oxygen atoms in total. The molecule has 0 saturated heterocycles. The molecule has 102 valence electrons. The van der Waals surface area contributed by atoms with Crippen LogP contribution in [0.2, 0.25) is 0 Å². The molecule has 0 aliphatic rings. The number of hydrogen-bond acceptors (Lipinski definition) is 3. The number of nitrogens with one attached hydrogen (secondary N) is 1. The van der Waals surface area contributed by atoms with Gasteiger partial charge in [0.25, 0.3) is 0 Å². The van der Waals surface area contributed by atoms with E-state index in [2.05, 4.69) is 46.1 Å². The van der Waals surface area contributed by atoms with Crippen LogP contribution in [0.15, 0.2) is 36.8 Å². The van der Waals surface area contributed by atoms with Crippen LogP contribution < -0.4 is 5.73 Å². The van der Waals surface area contributed by atoms with E-state index in [0.717, 1.165) is 35.1 Å².